The minimum absolute atomic E-state index is 0.116. The van der Waals surface area contributed by atoms with E-state index in [-0.39, 0.29) is 12.5 Å². The van der Waals surface area contributed by atoms with Crippen LogP contribution in [0.15, 0.2) is 70.2 Å². The summed E-state index contributed by atoms with van der Waals surface area (Å²) in [7, 11) is 0. The molecule has 0 heterocycles. The van der Waals surface area contributed by atoms with Crippen LogP contribution in [0.4, 0.5) is 0 Å². The summed E-state index contributed by atoms with van der Waals surface area (Å²) in [4.78, 5) is 11.8. The molecule has 6 heteroatoms. The predicted molar refractivity (Wildman–Crippen MR) is 104 cm³/mol. The second-order valence-electron chi connectivity index (χ2n) is 5.29. The number of amides is 1. The van der Waals surface area contributed by atoms with Crippen molar-refractivity contribution in [3.05, 3.63) is 75.7 Å². The van der Waals surface area contributed by atoms with E-state index in [0.717, 1.165) is 20.8 Å². The Morgan fingerprint density at radius 1 is 1.12 bits per heavy atom. The van der Waals surface area contributed by atoms with E-state index in [1.54, 1.807) is 12.1 Å². The van der Waals surface area contributed by atoms with E-state index < -0.39 is 0 Å². The molecule has 25 heavy (non-hydrogen) atoms. The van der Waals surface area contributed by atoms with Crippen molar-refractivity contribution in [1.82, 2.24) is 5.43 Å². The summed E-state index contributed by atoms with van der Waals surface area (Å²) in [6.45, 7) is -0.116. The van der Waals surface area contributed by atoms with Crippen LogP contribution in [-0.2, 0) is 4.79 Å². The highest BCUT2D eigenvalue weighted by atomic mass is 79.9. The Morgan fingerprint density at radius 2 is 1.92 bits per heavy atom. The lowest BCUT2D eigenvalue weighted by Gasteiger charge is -2.06. The third-order valence-electron chi connectivity index (χ3n) is 3.40. The quantitative estimate of drug-likeness (QED) is 0.479. The monoisotopic (exact) mass is 416 g/mol. The Kier molecular flexibility index (Phi) is 5.68. The lowest BCUT2D eigenvalue weighted by molar-refractivity contribution is -0.123. The lowest BCUT2D eigenvalue weighted by atomic mass is 10.1. The number of carbonyl (C=O) groups is 1. The molecule has 0 saturated carbocycles. The van der Waals surface area contributed by atoms with Gasteiger partial charge in [0.2, 0.25) is 0 Å². The minimum atomic E-state index is -0.339. The largest absolute Gasteiger partial charge is 0.484 e. The molecule has 3 rings (SSSR count). The van der Waals surface area contributed by atoms with Crippen LogP contribution in [0.2, 0.25) is 5.02 Å². The highest BCUT2D eigenvalue weighted by Crippen LogP contribution is 2.24. The average Bonchev–Trinajstić information content (AvgIpc) is 2.60. The first-order valence-corrected chi connectivity index (χ1v) is 8.67. The third-order valence-corrected chi connectivity index (χ3v) is 4.12. The molecule has 1 amide bonds. The van der Waals surface area contributed by atoms with Crippen LogP contribution in [0.3, 0.4) is 0 Å². The van der Waals surface area contributed by atoms with Gasteiger partial charge in [-0.2, -0.15) is 5.10 Å². The number of nitrogens with one attached hydrogen (secondary N) is 1. The van der Waals surface area contributed by atoms with Crippen LogP contribution >= 0.6 is 27.5 Å². The van der Waals surface area contributed by atoms with Gasteiger partial charge in [0.1, 0.15) is 5.75 Å². The average molecular weight is 418 g/mol. The van der Waals surface area contributed by atoms with Crippen molar-refractivity contribution >= 4 is 50.4 Å². The number of rotatable bonds is 5. The Bertz CT molecular complexity index is 944. The van der Waals surface area contributed by atoms with Gasteiger partial charge in [-0.3, -0.25) is 4.79 Å². The van der Waals surface area contributed by atoms with Crippen LogP contribution in [-0.4, -0.2) is 18.7 Å². The SMILES string of the molecule is O=C(COc1ccc2cc(Br)ccc2c1)NN=Cc1cccc(Cl)c1. The summed E-state index contributed by atoms with van der Waals surface area (Å²) < 4.78 is 6.53. The van der Waals surface area contributed by atoms with Crippen molar-refractivity contribution < 1.29 is 9.53 Å². The summed E-state index contributed by atoms with van der Waals surface area (Å²) in [5.41, 5.74) is 3.22. The summed E-state index contributed by atoms with van der Waals surface area (Å²) >= 11 is 9.32. The summed E-state index contributed by atoms with van der Waals surface area (Å²) in [6.07, 6.45) is 1.53. The van der Waals surface area contributed by atoms with Crippen molar-refractivity contribution in [2.45, 2.75) is 0 Å². The standard InChI is InChI=1S/C19H14BrClN2O2/c20-16-6-4-15-10-18(7-5-14(15)9-16)25-12-19(24)23-22-11-13-2-1-3-17(21)8-13/h1-11H,12H2,(H,23,24). The molecule has 0 spiro atoms. The molecule has 0 aliphatic carbocycles. The Hall–Kier alpha value is -2.37. The molecule has 3 aromatic carbocycles. The Morgan fingerprint density at radius 3 is 2.76 bits per heavy atom. The van der Waals surface area contributed by atoms with Crippen molar-refractivity contribution in [1.29, 1.82) is 0 Å². The summed E-state index contributed by atoms with van der Waals surface area (Å²) in [5, 5.41) is 6.64. The number of hydrogen-bond acceptors (Lipinski definition) is 3. The van der Waals surface area contributed by atoms with Gasteiger partial charge in [-0.05, 0) is 52.7 Å². The van der Waals surface area contributed by atoms with Crippen molar-refractivity contribution in [3.8, 4) is 5.75 Å². The molecule has 1 N–H and O–H groups in total. The van der Waals surface area contributed by atoms with Crippen LogP contribution in [0.1, 0.15) is 5.56 Å². The van der Waals surface area contributed by atoms with Crippen molar-refractivity contribution in [3.63, 3.8) is 0 Å². The van der Waals surface area contributed by atoms with E-state index in [0.29, 0.717) is 10.8 Å². The molecule has 0 atom stereocenters. The molecule has 0 aliphatic rings. The van der Waals surface area contributed by atoms with Crippen molar-refractivity contribution in [2.75, 3.05) is 6.61 Å². The second kappa shape index (κ2) is 8.14. The molecule has 0 fully saturated rings. The normalized spacial score (nSPS) is 11.0. The molecule has 0 bridgehead atoms. The van der Waals surface area contributed by atoms with Gasteiger partial charge in [-0.1, -0.05) is 51.8 Å². The van der Waals surface area contributed by atoms with Gasteiger partial charge in [-0.25, -0.2) is 5.43 Å². The fourth-order valence-corrected chi connectivity index (χ4v) is 2.81. The topological polar surface area (TPSA) is 50.7 Å². The number of carbonyl (C=O) groups excluding carboxylic acids is 1. The first kappa shape index (κ1) is 17.5. The maximum Gasteiger partial charge on any atom is 0.277 e. The number of fused-ring (bicyclic) bond motifs is 1. The van der Waals surface area contributed by atoms with E-state index in [9.17, 15) is 4.79 Å². The molecular weight excluding hydrogens is 404 g/mol. The second-order valence-corrected chi connectivity index (χ2v) is 6.64. The number of benzene rings is 3. The number of hydrazone groups is 1. The van der Waals surface area contributed by atoms with E-state index in [4.69, 9.17) is 16.3 Å². The van der Waals surface area contributed by atoms with Crippen LogP contribution in [0, 0.1) is 0 Å². The zero-order chi connectivity index (χ0) is 17.6. The minimum Gasteiger partial charge on any atom is -0.484 e. The number of nitrogens with zero attached hydrogens (tertiary/aromatic N) is 1. The molecular formula is C19H14BrClN2O2. The van der Waals surface area contributed by atoms with E-state index >= 15 is 0 Å². The number of hydrogen-bond donors (Lipinski definition) is 1. The highest BCUT2D eigenvalue weighted by molar-refractivity contribution is 9.10. The predicted octanol–water partition coefficient (Wildman–Crippen LogP) is 4.78. The Balaban J connectivity index is 1.54. The van der Waals surface area contributed by atoms with Crippen molar-refractivity contribution in [2.24, 2.45) is 5.10 Å². The highest BCUT2D eigenvalue weighted by Gasteiger charge is 2.03. The van der Waals surface area contributed by atoms with Gasteiger partial charge in [0.05, 0.1) is 6.21 Å². The molecule has 4 nitrogen and oxygen atoms in total. The zero-order valence-electron chi connectivity index (χ0n) is 13.1. The smallest absolute Gasteiger partial charge is 0.277 e. The summed E-state index contributed by atoms with van der Waals surface area (Å²) in [6, 6.07) is 18.8. The lowest BCUT2D eigenvalue weighted by Crippen LogP contribution is -2.24. The zero-order valence-corrected chi connectivity index (χ0v) is 15.4. The number of halogens is 2. The van der Waals surface area contributed by atoms with Gasteiger partial charge in [0.25, 0.3) is 5.91 Å². The fourth-order valence-electron chi connectivity index (χ4n) is 2.23. The molecule has 0 aliphatic heterocycles. The third kappa shape index (κ3) is 5.05. The maximum absolute atomic E-state index is 11.8. The van der Waals surface area contributed by atoms with E-state index in [2.05, 4.69) is 26.5 Å². The van der Waals surface area contributed by atoms with Crippen LogP contribution < -0.4 is 10.2 Å². The summed E-state index contributed by atoms with van der Waals surface area (Å²) in [5.74, 6) is 0.290. The van der Waals surface area contributed by atoms with E-state index in [1.165, 1.54) is 6.21 Å². The number of ether oxygens (including phenoxy) is 1. The van der Waals surface area contributed by atoms with Gasteiger partial charge in [0.15, 0.2) is 6.61 Å². The Labute approximate surface area is 158 Å². The maximum atomic E-state index is 11.8. The molecule has 0 unspecified atom stereocenters. The van der Waals surface area contributed by atoms with Gasteiger partial charge in [0, 0.05) is 9.50 Å². The molecule has 0 saturated heterocycles. The molecule has 0 radical (unpaired) electrons. The van der Waals surface area contributed by atoms with Gasteiger partial charge < -0.3 is 4.74 Å². The van der Waals surface area contributed by atoms with Crippen LogP contribution in [0.25, 0.3) is 10.8 Å². The van der Waals surface area contributed by atoms with Gasteiger partial charge >= 0.3 is 0 Å². The fraction of sp³-hybridized carbons (Fsp3) is 0.0526. The first-order chi connectivity index (χ1) is 12.1. The molecule has 126 valence electrons. The molecule has 3 aromatic rings. The van der Waals surface area contributed by atoms with Gasteiger partial charge in [-0.15, -0.1) is 0 Å². The first-order valence-electron chi connectivity index (χ1n) is 7.50. The van der Waals surface area contributed by atoms with E-state index in [1.807, 2.05) is 48.5 Å². The molecule has 0 aromatic heterocycles. The van der Waals surface area contributed by atoms with Crippen LogP contribution in [0.5, 0.6) is 5.75 Å².